The molecule has 0 aromatic heterocycles. The van der Waals surface area contributed by atoms with Crippen LogP contribution < -0.4 is 0 Å². The molecule has 0 amide bonds. The fourth-order valence-corrected chi connectivity index (χ4v) is 3.31. The number of benzene rings is 1. The quantitative estimate of drug-likeness (QED) is 0.836. The number of hydrogen-bond donors (Lipinski definition) is 1. The molecular weight excluding hydrogens is 269 g/mol. The molecule has 0 fully saturated rings. The van der Waals surface area contributed by atoms with Crippen LogP contribution in [0.25, 0.3) is 0 Å². The normalized spacial score (nSPS) is 12.1. The number of sulfonamides is 1. The molecule has 1 aromatic rings. The molecule has 0 spiro atoms. The second kappa shape index (κ2) is 6.98. The highest BCUT2D eigenvalue weighted by molar-refractivity contribution is 7.89. The van der Waals surface area contributed by atoms with Gasteiger partial charge in [-0.15, -0.1) is 0 Å². The van der Waals surface area contributed by atoms with Gasteiger partial charge in [0.25, 0.3) is 0 Å². The molecule has 1 aromatic carbocycles. The highest BCUT2D eigenvalue weighted by Crippen LogP contribution is 2.21. The van der Waals surface area contributed by atoms with Crippen molar-refractivity contribution in [3.63, 3.8) is 0 Å². The van der Waals surface area contributed by atoms with E-state index < -0.39 is 15.8 Å². The van der Waals surface area contributed by atoms with Crippen molar-refractivity contribution in [3.05, 3.63) is 29.6 Å². The summed E-state index contributed by atoms with van der Waals surface area (Å²) < 4.78 is 39.7. The number of aliphatic hydroxyl groups is 1. The van der Waals surface area contributed by atoms with Crippen molar-refractivity contribution in [2.75, 3.05) is 13.1 Å². The van der Waals surface area contributed by atoms with E-state index >= 15 is 0 Å². The lowest BCUT2D eigenvalue weighted by molar-refractivity contribution is 0.281. The minimum absolute atomic E-state index is 0.309. The predicted octanol–water partition coefficient (Wildman–Crippen LogP) is 2.13. The average Bonchev–Trinajstić information content (AvgIpc) is 2.38. The molecular formula is C13H20FNO3S. The van der Waals surface area contributed by atoms with Crippen molar-refractivity contribution in [2.24, 2.45) is 0 Å². The number of aliphatic hydroxyl groups excluding tert-OH is 1. The van der Waals surface area contributed by atoms with Crippen LogP contribution >= 0.6 is 0 Å². The van der Waals surface area contributed by atoms with Crippen LogP contribution in [0.1, 0.15) is 32.3 Å². The van der Waals surface area contributed by atoms with E-state index in [-0.39, 0.29) is 11.5 Å². The summed E-state index contributed by atoms with van der Waals surface area (Å²) in [5.74, 6) is -0.818. The lowest BCUT2D eigenvalue weighted by Crippen LogP contribution is -2.32. The van der Waals surface area contributed by atoms with Crippen molar-refractivity contribution < 1.29 is 17.9 Å². The van der Waals surface area contributed by atoms with E-state index in [1.807, 2.05) is 6.92 Å². The van der Waals surface area contributed by atoms with E-state index in [1.54, 1.807) is 6.92 Å². The van der Waals surface area contributed by atoms with Crippen molar-refractivity contribution in [1.82, 2.24) is 4.31 Å². The molecule has 0 atom stereocenters. The Morgan fingerprint density at radius 3 is 2.47 bits per heavy atom. The summed E-state index contributed by atoms with van der Waals surface area (Å²) in [4.78, 5) is -0.331. The fraction of sp³-hybridized carbons (Fsp3) is 0.538. The van der Waals surface area contributed by atoms with Gasteiger partial charge in [-0.3, -0.25) is 0 Å². The summed E-state index contributed by atoms with van der Waals surface area (Å²) in [5, 5.41) is 8.90. The highest BCUT2D eigenvalue weighted by Gasteiger charge is 2.25. The van der Waals surface area contributed by atoms with Gasteiger partial charge < -0.3 is 5.11 Å². The zero-order valence-electron chi connectivity index (χ0n) is 11.3. The Labute approximate surface area is 113 Å². The summed E-state index contributed by atoms with van der Waals surface area (Å²) >= 11 is 0. The molecule has 1 rings (SSSR count). The van der Waals surface area contributed by atoms with Crippen LogP contribution in [-0.4, -0.2) is 30.9 Å². The average molecular weight is 289 g/mol. The predicted molar refractivity (Wildman–Crippen MR) is 71.7 cm³/mol. The van der Waals surface area contributed by atoms with Gasteiger partial charge in [0, 0.05) is 13.1 Å². The van der Waals surface area contributed by atoms with Crippen molar-refractivity contribution in [2.45, 2.75) is 38.2 Å². The van der Waals surface area contributed by atoms with E-state index in [0.29, 0.717) is 18.7 Å². The van der Waals surface area contributed by atoms with Crippen LogP contribution in [0.5, 0.6) is 0 Å². The van der Waals surface area contributed by atoms with Gasteiger partial charge in [-0.2, -0.15) is 4.31 Å². The summed E-state index contributed by atoms with van der Waals surface area (Å²) in [5.41, 5.74) is 0.355. The van der Waals surface area contributed by atoms with Crippen LogP contribution in [0.3, 0.4) is 0 Å². The number of hydrogen-bond acceptors (Lipinski definition) is 3. The molecule has 6 heteroatoms. The summed E-state index contributed by atoms with van der Waals surface area (Å²) in [6, 6.07) is 3.69. The second-order valence-electron chi connectivity index (χ2n) is 4.27. The summed E-state index contributed by atoms with van der Waals surface area (Å²) in [6.07, 6.45) is 1.61. The molecule has 4 nitrogen and oxygen atoms in total. The molecule has 1 N–H and O–H groups in total. The third-order valence-electron chi connectivity index (χ3n) is 2.91. The Morgan fingerprint density at radius 1 is 1.32 bits per heavy atom. The molecule has 0 radical (unpaired) electrons. The zero-order chi connectivity index (χ0) is 14.5. The van der Waals surface area contributed by atoms with Gasteiger partial charge in [-0.25, -0.2) is 12.8 Å². The Balaban J connectivity index is 3.11. The third-order valence-corrected chi connectivity index (χ3v) is 4.92. The molecule has 0 saturated heterocycles. The Bertz CT molecular complexity index is 517. The Kier molecular flexibility index (Phi) is 5.90. The SMILES string of the molecule is CCCCN(CC)S(=O)(=O)c1ccc(CO)cc1F. The van der Waals surface area contributed by atoms with Crippen LogP contribution in [0.15, 0.2) is 23.1 Å². The molecule has 0 aliphatic heterocycles. The van der Waals surface area contributed by atoms with Crippen molar-refractivity contribution in [3.8, 4) is 0 Å². The summed E-state index contributed by atoms with van der Waals surface area (Å²) in [6.45, 7) is 4.08. The van der Waals surface area contributed by atoms with Crippen LogP contribution in [0, 0.1) is 5.82 Å². The smallest absolute Gasteiger partial charge is 0.245 e. The summed E-state index contributed by atoms with van der Waals surface area (Å²) in [7, 11) is -3.80. The lowest BCUT2D eigenvalue weighted by atomic mass is 10.2. The van der Waals surface area contributed by atoms with E-state index in [2.05, 4.69) is 0 Å². The van der Waals surface area contributed by atoms with E-state index in [4.69, 9.17) is 5.11 Å². The third kappa shape index (κ3) is 3.75. The number of nitrogens with zero attached hydrogens (tertiary/aromatic N) is 1. The minimum atomic E-state index is -3.80. The topological polar surface area (TPSA) is 57.6 Å². The van der Waals surface area contributed by atoms with Gasteiger partial charge in [-0.05, 0) is 24.1 Å². The monoisotopic (exact) mass is 289 g/mol. The Morgan fingerprint density at radius 2 is 2.00 bits per heavy atom. The fourth-order valence-electron chi connectivity index (χ4n) is 1.77. The van der Waals surface area contributed by atoms with Gasteiger partial charge >= 0.3 is 0 Å². The first kappa shape index (κ1) is 16.1. The number of rotatable bonds is 7. The maximum Gasteiger partial charge on any atom is 0.245 e. The van der Waals surface area contributed by atoms with Gasteiger partial charge in [0.1, 0.15) is 10.7 Å². The van der Waals surface area contributed by atoms with Gasteiger partial charge in [-0.1, -0.05) is 26.3 Å². The van der Waals surface area contributed by atoms with E-state index in [0.717, 1.165) is 18.9 Å². The van der Waals surface area contributed by atoms with E-state index in [9.17, 15) is 12.8 Å². The largest absolute Gasteiger partial charge is 0.392 e. The number of unbranched alkanes of at least 4 members (excludes halogenated alkanes) is 1. The van der Waals surface area contributed by atoms with Crippen molar-refractivity contribution in [1.29, 1.82) is 0 Å². The number of halogens is 1. The van der Waals surface area contributed by atoms with E-state index in [1.165, 1.54) is 16.4 Å². The maximum absolute atomic E-state index is 13.8. The van der Waals surface area contributed by atoms with Gasteiger partial charge in [0.05, 0.1) is 6.61 Å². The lowest BCUT2D eigenvalue weighted by Gasteiger charge is -2.20. The van der Waals surface area contributed by atoms with Crippen LogP contribution in [0.2, 0.25) is 0 Å². The second-order valence-corrected chi connectivity index (χ2v) is 6.18. The first-order chi connectivity index (χ1) is 8.97. The Hall–Kier alpha value is -0.980. The standard InChI is InChI=1S/C13H20FNO3S/c1-3-5-8-15(4-2)19(17,18)13-7-6-11(10-16)9-12(13)14/h6-7,9,16H,3-5,8,10H2,1-2H3. The molecule has 0 unspecified atom stereocenters. The molecule has 0 heterocycles. The van der Waals surface area contributed by atoms with Gasteiger partial charge in [0.2, 0.25) is 10.0 Å². The molecule has 0 aliphatic rings. The van der Waals surface area contributed by atoms with Crippen LogP contribution in [0.4, 0.5) is 4.39 Å². The first-order valence-corrected chi connectivity index (χ1v) is 7.80. The van der Waals surface area contributed by atoms with Crippen molar-refractivity contribution >= 4 is 10.0 Å². The molecule has 0 aliphatic carbocycles. The van der Waals surface area contributed by atoms with Gasteiger partial charge in [0.15, 0.2) is 0 Å². The molecule has 19 heavy (non-hydrogen) atoms. The molecule has 0 bridgehead atoms. The zero-order valence-corrected chi connectivity index (χ0v) is 12.1. The maximum atomic E-state index is 13.8. The van der Waals surface area contributed by atoms with Crippen LogP contribution in [-0.2, 0) is 16.6 Å². The highest BCUT2D eigenvalue weighted by atomic mass is 32.2. The minimum Gasteiger partial charge on any atom is -0.392 e. The molecule has 108 valence electrons. The first-order valence-electron chi connectivity index (χ1n) is 6.36. The molecule has 0 saturated carbocycles.